The van der Waals surface area contributed by atoms with Gasteiger partial charge in [-0.25, -0.2) is 0 Å². The molecular weight excluding hydrogens is 240 g/mol. The molecule has 100 valence electrons. The van der Waals surface area contributed by atoms with Crippen LogP contribution in [-0.4, -0.2) is 20.1 Å². The molecule has 0 atom stereocenters. The van der Waals surface area contributed by atoms with E-state index in [0.717, 1.165) is 16.8 Å². The maximum atomic E-state index is 12.4. The number of hydrogen-bond acceptors (Lipinski definition) is 3. The average Bonchev–Trinajstić information content (AvgIpc) is 3.17. The van der Waals surface area contributed by atoms with Crippen LogP contribution in [0.3, 0.4) is 0 Å². The van der Waals surface area contributed by atoms with Gasteiger partial charge >= 0.3 is 0 Å². The van der Waals surface area contributed by atoms with Crippen LogP contribution in [0.15, 0.2) is 12.1 Å². The smallest absolute Gasteiger partial charge is 0.247 e. The zero-order valence-corrected chi connectivity index (χ0v) is 11.8. The lowest BCUT2D eigenvalue weighted by atomic mass is 10.0. The molecule has 1 aliphatic rings. The topological polar surface area (TPSA) is 53.3 Å². The summed E-state index contributed by atoms with van der Waals surface area (Å²) in [6.07, 6.45) is 1.31. The number of rotatable bonds is 3. The number of benzene rings is 1. The fourth-order valence-corrected chi connectivity index (χ4v) is 2.43. The van der Waals surface area contributed by atoms with Crippen LogP contribution in [0.2, 0.25) is 0 Å². The van der Waals surface area contributed by atoms with Gasteiger partial charge in [-0.05, 0) is 43.9 Å². The molecule has 1 aromatic carbocycles. The predicted octanol–water partition coefficient (Wildman–Crippen LogP) is 2.58. The number of nitriles is 1. The average molecular weight is 258 g/mol. The molecule has 19 heavy (non-hydrogen) atoms. The molecule has 1 fully saturated rings. The van der Waals surface area contributed by atoms with Crippen LogP contribution < -0.4 is 9.64 Å². The van der Waals surface area contributed by atoms with E-state index in [1.807, 2.05) is 26.0 Å². The van der Waals surface area contributed by atoms with Gasteiger partial charge in [-0.3, -0.25) is 4.79 Å². The molecule has 0 heterocycles. The first kappa shape index (κ1) is 13.4. The zero-order valence-electron chi connectivity index (χ0n) is 11.8. The Morgan fingerprint density at radius 2 is 2.05 bits per heavy atom. The van der Waals surface area contributed by atoms with Crippen LogP contribution >= 0.6 is 0 Å². The summed E-state index contributed by atoms with van der Waals surface area (Å²) in [4.78, 5) is 14.0. The number of anilines is 1. The highest BCUT2D eigenvalue weighted by molar-refractivity contribution is 6.02. The van der Waals surface area contributed by atoms with Crippen molar-refractivity contribution in [3.8, 4) is 11.8 Å². The van der Waals surface area contributed by atoms with E-state index in [-0.39, 0.29) is 5.91 Å². The molecule has 1 aromatic rings. The lowest BCUT2D eigenvalue weighted by Gasteiger charge is -2.24. The Hall–Kier alpha value is -2.02. The first-order valence-electron chi connectivity index (χ1n) is 6.30. The standard InChI is InChI=1S/C15H18N2O2/c1-10-7-11(2)13(12(8-10)19-4)17(3)14(18)15(9-16)5-6-15/h7-8H,5-6H2,1-4H3. The summed E-state index contributed by atoms with van der Waals surface area (Å²) in [5.41, 5.74) is 2.00. The van der Waals surface area contributed by atoms with Crippen LogP contribution in [0, 0.1) is 30.6 Å². The van der Waals surface area contributed by atoms with Gasteiger partial charge in [-0.2, -0.15) is 5.26 Å². The third-order valence-electron chi connectivity index (χ3n) is 3.64. The van der Waals surface area contributed by atoms with Crippen molar-refractivity contribution in [2.24, 2.45) is 5.41 Å². The number of ether oxygens (including phenoxy) is 1. The Bertz CT molecular complexity index is 568. The molecule has 0 bridgehead atoms. The van der Waals surface area contributed by atoms with E-state index < -0.39 is 5.41 Å². The van der Waals surface area contributed by atoms with E-state index in [1.54, 1.807) is 19.1 Å². The van der Waals surface area contributed by atoms with Crippen LogP contribution in [-0.2, 0) is 4.79 Å². The summed E-state index contributed by atoms with van der Waals surface area (Å²) in [6, 6.07) is 6.05. The van der Waals surface area contributed by atoms with Crippen molar-refractivity contribution in [3.63, 3.8) is 0 Å². The summed E-state index contributed by atoms with van der Waals surface area (Å²) < 4.78 is 5.37. The lowest BCUT2D eigenvalue weighted by Crippen LogP contribution is -2.34. The Kier molecular flexibility index (Phi) is 3.23. The van der Waals surface area contributed by atoms with Crippen molar-refractivity contribution in [2.75, 3.05) is 19.1 Å². The van der Waals surface area contributed by atoms with E-state index in [0.29, 0.717) is 18.6 Å². The van der Waals surface area contributed by atoms with Gasteiger partial charge in [0.05, 0.1) is 18.9 Å². The van der Waals surface area contributed by atoms with Crippen molar-refractivity contribution >= 4 is 11.6 Å². The molecular formula is C15H18N2O2. The molecule has 0 saturated heterocycles. The molecule has 0 aromatic heterocycles. The van der Waals surface area contributed by atoms with E-state index in [9.17, 15) is 4.79 Å². The van der Waals surface area contributed by atoms with Crippen LogP contribution in [0.4, 0.5) is 5.69 Å². The van der Waals surface area contributed by atoms with Crippen LogP contribution in [0.1, 0.15) is 24.0 Å². The quantitative estimate of drug-likeness (QED) is 0.837. The fraction of sp³-hybridized carbons (Fsp3) is 0.467. The summed E-state index contributed by atoms with van der Waals surface area (Å²) in [5, 5.41) is 9.13. The number of hydrogen-bond donors (Lipinski definition) is 0. The van der Waals surface area contributed by atoms with Crippen molar-refractivity contribution in [1.29, 1.82) is 5.26 Å². The molecule has 4 heteroatoms. The number of carbonyl (C=O) groups is 1. The molecule has 1 saturated carbocycles. The Morgan fingerprint density at radius 3 is 2.53 bits per heavy atom. The second-order valence-corrected chi connectivity index (χ2v) is 5.19. The van der Waals surface area contributed by atoms with E-state index >= 15 is 0 Å². The number of carbonyl (C=O) groups excluding carboxylic acids is 1. The van der Waals surface area contributed by atoms with Gasteiger partial charge < -0.3 is 9.64 Å². The third-order valence-corrected chi connectivity index (χ3v) is 3.64. The summed E-state index contributed by atoms with van der Waals surface area (Å²) in [7, 11) is 3.30. The van der Waals surface area contributed by atoms with Gasteiger partial charge in [0.1, 0.15) is 11.2 Å². The van der Waals surface area contributed by atoms with Crippen LogP contribution in [0.25, 0.3) is 0 Å². The van der Waals surface area contributed by atoms with Gasteiger partial charge in [-0.15, -0.1) is 0 Å². The van der Waals surface area contributed by atoms with E-state index in [4.69, 9.17) is 10.00 Å². The highest BCUT2D eigenvalue weighted by atomic mass is 16.5. The minimum absolute atomic E-state index is 0.139. The molecule has 0 radical (unpaired) electrons. The van der Waals surface area contributed by atoms with Crippen LogP contribution in [0.5, 0.6) is 5.75 Å². The zero-order chi connectivity index (χ0) is 14.2. The highest BCUT2D eigenvalue weighted by Gasteiger charge is 2.52. The summed E-state index contributed by atoms with van der Waals surface area (Å²) >= 11 is 0. The first-order valence-corrected chi connectivity index (χ1v) is 6.30. The minimum atomic E-state index is -0.808. The second kappa shape index (κ2) is 4.58. The normalized spacial score (nSPS) is 15.5. The SMILES string of the molecule is COc1cc(C)cc(C)c1N(C)C(=O)C1(C#N)CC1. The molecule has 1 aliphatic carbocycles. The molecule has 1 amide bonds. The number of nitrogens with zero attached hydrogens (tertiary/aromatic N) is 2. The number of aryl methyl sites for hydroxylation is 2. The maximum Gasteiger partial charge on any atom is 0.247 e. The Morgan fingerprint density at radius 1 is 1.42 bits per heavy atom. The molecule has 2 rings (SSSR count). The van der Waals surface area contributed by atoms with Crippen molar-refractivity contribution in [3.05, 3.63) is 23.3 Å². The number of methoxy groups -OCH3 is 1. The Labute approximate surface area is 113 Å². The largest absolute Gasteiger partial charge is 0.495 e. The molecule has 4 nitrogen and oxygen atoms in total. The first-order chi connectivity index (χ1) is 8.95. The van der Waals surface area contributed by atoms with Gasteiger partial charge in [0, 0.05) is 7.05 Å². The molecule has 0 aliphatic heterocycles. The summed E-state index contributed by atoms with van der Waals surface area (Å²) in [5.74, 6) is 0.530. The molecule has 0 N–H and O–H groups in total. The predicted molar refractivity (Wildman–Crippen MR) is 73.2 cm³/mol. The monoisotopic (exact) mass is 258 g/mol. The lowest BCUT2D eigenvalue weighted by molar-refractivity contribution is -0.121. The van der Waals surface area contributed by atoms with Crippen molar-refractivity contribution in [2.45, 2.75) is 26.7 Å². The van der Waals surface area contributed by atoms with Gasteiger partial charge in [0.2, 0.25) is 5.91 Å². The highest BCUT2D eigenvalue weighted by Crippen LogP contribution is 2.48. The van der Waals surface area contributed by atoms with Crippen molar-refractivity contribution < 1.29 is 9.53 Å². The van der Waals surface area contributed by atoms with E-state index in [1.165, 1.54) is 0 Å². The minimum Gasteiger partial charge on any atom is -0.495 e. The Balaban J connectivity index is 2.42. The number of amides is 1. The second-order valence-electron chi connectivity index (χ2n) is 5.19. The molecule has 0 spiro atoms. The van der Waals surface area contributed by atoms with Gasteiger partial charge in [-0.1, -0.05) is 6.07 Å². The summed E-state index contributed by atoms with van der Waals surface area (Å²) in [6.45, 7) is 3.93. The van der Waals surface area contributed by atoms with Gasteiger partial charge in [0.25, 0.3) is 0 Å². The third kappa shape index (κ3) is 2.17. The van der Waals surface area contributed by atoms with Crippen molar-refractivity contribution in [1.82, 2.24) is 0 Å². The van der Waals surface area contributed by atoms with E-state index in [2.05, 4.69) is 6.07 Å². The molecule has 0 unspecified atom stereocenters. The van der Waals surface area contributed by atoms with Gasteiger partial charge in [0.15, 0.2) is 0 Å². The fourth-order valence-electron chi connectivity index (χ4n) is 2.43. The maximum absolute atomic E-state index is 12.4.